The van der Waals surface area contributed by atoms with Gasteiger partial charge in [0.1, 0.15) is 10.7 Å². The lowest BCUT2D eigenvalue weighted by molar-refractivity contribution is -0.123. The smallest absolute Gasteiger partial charge is 0.245 e. The number of aryl methyl sites for hydroxylation is 1. The first-order valence-corrected chi connectivity index (χ1v) is 14.1. The number of anilines is 1. The summed E-state index contributed by atoms with van der Waals surface area (Å²) in [5, 5.41) is 0.646. The zero-order valence-electron chi connectivity index (χ0n) is 19.5. The van der Waals surface area contributed by atoms with E-state index in [-0.39, 0.29) is 35.9 Å². The number of hydrogen-bond acceptors (Lipinski definition) is 6. The van der Waals surface area contributed by atoms with Gasteiger partial charge in [-0.15, -0.1) is 0 Å². The number of halogens is 1. The molecular formula is C25H28FN3O4S2. The summed E-state index contributed by atoms with van der Waals surface area (Å²) in [7, 11) is -3.95. The Morgan fingerprint density at radius 1 is 1.20 bits per heavy atom. The molecule has 3 aromatic rings. The van der Waals surface area contributed by atoms with Crippen LogP contribution in [0.2, 0.25) is 0 Å². The standard InChI is InChI=1S/C25H28FN3O4S2/c1-17-8-9-21-22(15-17)34-25(27-21)29(16-19-5-4-14-33-19)24(30)18-10-12-28(13-11-18)35(31,32)23-7-3-2-6-20(23)26/h2-3,6-9,15,18-19H,4-5,10-14,16H2,1H3. The van der Waals surface area contributed by atoms with Gasteiger partial charge in [-0.25, -0.2) is 17.8 Å². The van der Waals surface area contributed by atoms with E-state index in [1.165, 1.54) is 33.8 Å². The van der Waals surface area contributed by atoms with E-state index in [1.54, 1.807) is 4.90 Å². The summed E-state index contributed by atoms with van der Waals surface area (Å²) in [5.74, 6) is -1.16. The monoisotopic (exact) mass is 517 g/mol. The summed E-state index contributed by atoms with van der Waals surface area (Å²) in [6.45, 7) is 3.49. The van der Waals surface area contributed by atoms with Crippen LogP contribution in [-0.2, 0) is 19.6 Å². The molecule has 0 spiro atoms. The third kappa shape index (κ3) is 4.97. The Morgan fingerprint density at radius 3 is 2.69 bits per heavy atom. The Bertz CT molecular complexity index is 1330. The van der Waals surface area contributed by atoms with Gasteiger partial charge in [-0.1, -0.05) is 29.5 Å². The van der Waals surface area contributed by atoms with Gasteiger partial charge in [0.15, 0.2) is 5.13 Å². The van der Waals surface area contributed by atoms with Crippen LogP contribution in [-0.4, -0.2) is 56.0 Å². The van der Waals surface area contributed by atoms with Crippen molar-refractivity contribution in [1.29, 1.82) is 0 Å². The maximum absolute atomic E-state index is 14.2. The van der Waals surface area contributed by atoms with Crippen molar-refractivity contribution in [3.63, 3.8) is 0 Å². The van der Waals surface area contributed by atoms with E-state index >= 15 is 0 Å². The van der Waals surface area contributed by atoms with Gasteiger partial charge in [-0.3, -0.25) is 9.69 Å². The number of piperidine rings is 1. The molecule has 1 aromatic heterocycles. The zero-order valence-corrected chi connectivity index (χ0v) is 21.2. The number of ether oxygens (including phenoxy) is 1. The second-order valence-electron chi connectivity index (χ2n) is 9.16. The molecule has 1 amide bonds. The van der Waals surface area contributed by atoms with E-state index in [0.717, 1.165) is 34.7 Å². The first-order chi connectivity index (χ1) is 16.8. The van der Waals surface area contributed by atoms with Crippen molar-refractivity contribution in [1.82, 2.24) is 9.29 Å². The Morgan fingerprint density at radius 2 is 1.97 bits per heavy atom. The van der Waals surface area contributed by atoms with E-state index in [2.05, 4.69) is 6.07 Å². The highest BCUT2D eigenvalue weighted by molar-refractivity contribution is 7.89. The SMILES string of the molecule is Cc1ccc2nc(N(CC3CCCO3)C(=O)C3CCN(S(=O)(=O)c4ccccc4F)CC3)sc2c1. The summed E-state index contributed by atoms with van der Waals surface area (Å²) < 4.78 is 48.2. The Kier molecular flexibility index (Phi) is 6.89. The van der Waals surface area contributed by atoms with Crippen LogP contribution in [0.5, 0.6) is 0 Å². The lowest BCUT2D eigenvalue weighted by Gasteiger charge is -2.33. The molecule has 0 bridgehead atoms. The largest absolute Gasteiger partial charge is 0.376 e. The molecule has 2 saturated heterocycles. The maximum atomic E-state index is 14.2. The second-order valence-corrected chi connectivity index (χ2v) is 12.1. The van der Waals surface area contributed by atoms with Crippen molar-refractivity contribution in [2.24, 2.45) is 5.92 Å². The van der Waals surface area contributed by atoms with Crippen LogP contribution in [0.1, 0.15) is 31.2 Å². The fraction of sp³-hybridized carbons (Fsp3) is 0.440. The van der Waals surface area contributed by atoms with E-state index < -0.39 is 15.8 Å². The van der Waals surface area contributed by atoms with Gasteiger partial charge in [0, 0.05) is 25.6 Å². The molecule has 35 heavy (non-hydrogen) atoms. The van der Waals surface area contributed by atoms with Gasteiger partial charge in [0.2, 0.25) is 15.9 Å². The second kappa shape index (κ2) is 9.93. The van der Waals surface area contributed by atoms with Crippen molar-refractivity contribution >= 4 is 42.6 Å². The zero-order chi connectivity index (χ0) is 24.6. The Labute approximate surface area is 208 Å². The lowest BCUT2D eigenvalue weighted by Crippen LogP contribution is -2.46. The number of thiazole rings is 1. The van der Waals surface area contributed by atoms with E-state index in [4.69, 9.17) is 9.72 Å². The number of aromatic nitrogens is 1. The number of sulfonamides is 1. The van der Waals surface area contributed by atoms with E-state index in [0.29, 0.717) is 31.1 Å². The van der Waals surface area contributed by atoms with Gasteiger partial charge in [-0.05, 0) is 62.4 Å². The minimum atomic E-state index is -3.95. The highest BCUT2D eigenvalue weighted by atomic mass is 32.2. The number of hydrogen-bond donors (Lipinski definition) is 0. The molecule has 186 valence electrons. The van der Waals surface area contributed by atoms with Gasteiger partial charge >= 0.3 is 0 Å². The minimum Gasteiger partial charge on any atom is -0.376 e. The molecule has 1 atom stereocenters. The highest BCUT2D eigenvalue weighted by Crippen LogP contribution is 2.33. The number of fused-ring (bicyclic) bond motifs is 1. The normalized spacial score (nSPS) is 19.9. The molecule has 2 aromatic carbocycles. The predicted molar refractivity (Wildman–Crippen MR) is 134 cm³/mol. The Hall–Kier alpha value is -2.40. The topological polar surface area (TPSA) is 79.8 Å². The average molecular weight is 518 g/mol. The molecule has 10 heteroatoms. The van der Waals surface area contributed by atoms with Crippen LogP contribution < -0.4 is 4.90 Å². The lowest BCUT2D eigenvalue weighted by atomic mass is 9.96. The predicted octanol–water partition coefficient (Wildman–Crippen LogP) is 4.36. The van der Waals surface area contributed by atoms with Crippen molar-refractivity contribution in [3.05, 3.63) is 53.8 Å². The molecule has 3 heterocycles. The van der Waals surface area contributed by atoms with E-state index in [9.17, 15) is 17.6 Å². The van der Waals surface area contributed by atoms with Crippen molar-refractivity contribution in [2.45, 2.75) is 43.6 Å². The van der Waals surface area contributed by atoms with Crippen molar-refractivity contribution < 1.29 is 22.3 Å². The fourth-order valence-corrected chi connectivity index (χ4v) is 7.36. The Balaban J connectivity index is 1.34. The number of nitrogens with zero attached hydrogens (tertiary/aromatic N) is 3. The van der Waals surface area contributed by atoms with Crippen molar-refractivity contribution in [3.8, 4) is 0 Å². The molecule has 5 rings (SSSR count). The quantitative estimate of drug-likeness (QED) is 0.486. The molecule has 7 nitrogen and oxygen atoms in total. The third-order valence-corrected chi connectivity index (χ3v) is 9.67. The van der Waals surface area contributed by atoms with Crippen LogP contribution in [0.15, 0.2) is 47.4 Å². The summed E-state index contributed by atoms with van der Waals surface area (Å²) in [6.07, 6.45) is 2.58. The summed E-state index contributed by atoms with van der Waals surface area (Å²) in [4.78, 5) is 19.9. The molecule has 0 saturated carbocycles. The number of benzene rings is 2. The summed E-state index contributed by atoms with van der Waals surface area (Å²) >= 11 is 1.49. The van der Waals surface area contributed by atoms with Crippen LogP contribution in [0.25, 0.3) is 10.2 Å². The number of rotatable bonds is 6. The third-order valence-electron chi connectivity index (χ3n) is 6.70. The molecule has 0 aliphatic carbocycles. The molecular weight excluding hydrogens is 489 g/mol. The molecule has 0 radical (unpaired) electrons. The maximum Gasteiger partial charge on any atom is 0.245 e. The van der Waals surface area contributed by atoms with Gasteiger partial charge in [0.25, 0.3) is 0 Å². The average Bonchev–Trinajstić information content (AvgIpc) is 3.52. The fourth-order valence-electron chi connectivity index (χ4n) is 4.75. The van der Waals surface area contributed by atoms with Gasteiger partial charge < -0.3 is 4.74 Å². The van der Waals surface area contributed by atoms with Crippen molar-refractivity contribution in [2.75, 3.05) is 31.1 Å². The van der Waals surface area contributed by atoms with Crippen LogP contribution >= 0.6 is 11.3 Å². The summed E-state index contributed by atoms with van der Waals surface area (Å²) in [5.41, 5.74) is 1.99. The number of carbonyl (C=O) groups excluding carboxylic acids is 1. The first kappa shape index (κ1) is 24.3. The minimum absolute atomic E-state index is 0.0331. The van der Waals surface area contributed by atoms with Crippen LogP contribution in [0.3, 0.4) is 0 Å². The molecule has 2 aliphatic heterocycles. The number of carbonyl (C=O) groups is 1. The van der Waals surface area contributed by atoms with Gasteiger partial charge in [0.05, 0.1) is 22.9 Å². The van der Waals surface area contributed by atoms with Gasteiger partial charge in [-0.2, -0.15) is 4.31 Å². The van der Waals surface area contributed by atoms with Crippen LogP contribution in [0, 0.1) is 18.7 Å². The van der Waals surface area contributed by atoms with Crippen LogP contribution in [0.4, 0.5) is 9.52 Å². The summed E-state index contributed by atoms with van der Waals surface area (Å²) in [6, 6.07) is 11.4. The molecule has 2 fully saturated rings. The highest BCUT2D eigenvalue weighted by Gasteiger charge is 2.36. The molecule has 0 N–H and O–H groups in total. The first-order valence-electron chi connectivity index (χ1n) is 11.9. The van der Waals surface area contributed by atoms with E-state index in [1.807, 2.05) is 19.1 Å². The molecule has 2 aliphatic rings. The number of amides is 1. The molecule has 1 unspecified atom stereocenters.